The van der Waals surface area contributed by atoms with Crippen LogP contribution in [0.1, 0.15) is 76.4 Å². The summed E-state index contributed by atoms with van der Waals surface area (Å²) in [6, 6.07) is 12.6. The molecule has 4 fully saturated rings. The third kappa shape index (κ3) is 9.01. The number of ether oxygens (including phenoxy) is 2. The number of piperidine rings is 1. The maximum Gasteiger partial charge on any atom is 0.269 e. The summed E-state index contributed by atoms with van der Waals surface area (Å²) in [5, 5.41) is 22.9. The van der Waals surface area contributed by atoms with Gasteiger partial charge in [0.1, 0.15) is 23.7 Å². The minimum atomic E-state index is -0.888. The number of hydrogen-bond acceptors (Lipinski definition) is 12. The van der Waals surface area contributed by atoms with Gasteiger partial charge in [-0.2, -0.15) is 5.26 Å². The highest BCUT2D eigenvalue weighted by molar-refractivity contribution is 6.31. The number of nitrogens with zero attached hydrogens (tertiary/aromatic N) is 6. The second-order valence-electron chi connectivity index (χ2n) is 14.6. The number of nitrogens with two attached hydrogens (primary N) is 1. The topological polar surface area (TPSA) is 196 Å². The molecule has 3 saturated heterocycles. The second-order valence-corrected chi connectivity index (χ2v) is 15.0. The van der Waals surface area contributed by atoms with Crippen molar-refractivity contribution in [3.05, 3.63) is 75.7 Å². The fourth-order valence-electron chi connectivity index (χ4n) is 7.86. The molecule has 15 nitrogen and oxygen atoms in total. The first-order chi connectivity index (χ1) is 27.0. The van der Waals surface area contributed by atoms with Crippen LogP contribution in [0.25, 0.3) is 0 Å². The number of morpholine rings is 1. The monoisotopic (exact) mass is 787 g/mol. The molecule has 1 aromatic heterocycles. The van der Waals surface area contributed by atoms with Crippen LogP contribution >= 0.6 is 11.6 Å². The van der Waals surface area contributed by atoms with Gasteiger partial charge in [-0.3, -0.25) is 29.4 Å². The number of rotatable bonds is 10. The van der Waals surface area contributed by atoms with Crippen LogP contribution in [-0.2, 0) is 14.3 Å². The Hall–Kier alpha value is -5.37. The lowest BCUT2D eigenvalue weighted by atomic mass is 9.82. The molecule has 294 valence electrons. The zero-order valence-electron chi connectivity index (χ0n) is 30.7. The van der Waals surface area contributed by atoms with E-state index in [1.165, 1.54) is 12.1 Å². The molecule has 3 aromatic rings. The quantitative estimate of drug-likeness (QED) is 0.255. The molecular weight excluding hydrogens is 745 g/mol. The van der Waals surface area contributed by atoms with Gasteiger partial charge in [0.2, 0.25) is 11.8 Å². The number of nitrogens with one attached hydrogen (secondary N) is 2. The summed E-state index contributed by atoms with van der Waals surface area (Å²) in [6.45, 7) is 5.14. The third-order valence-corrected chi connectivity index (χ3v) is 11.2. The Labute approximate surface area is 328 Å². The minimum Gasteiger partial charge on any atom is -0.490 e. The molecule has 0 spiro atoms. The number of amides is 4. The van der Waals surface area contributed by atoms with E-state index >= 15 is 4.39 Å². The molecule has 7 rings (SSSR count). The van der Waals surface area contributed by atoms with Crippen LogP contribution < -0.4 is 30.9 Å². The van der Waals surface area contributed by atoms with Gasteiger partial charge >= 0.3 is 0 Å². The van der Waals surface area contributed by atoms with Crippen LogP contribution in [0.4, 0.5) is 15.9 Å². The van der Waals surface area contributed by atoms with Crippen LogP contribution in [0.2, 0.25) is 5.02 Å². The molecule has 0 radical (unpaired) electrons. The Morgan fingerprint density at radius 2 is 1.80 bits per heavy atom. The molecule has 2 atom stereocenters. The Balaban J connectivity index is 0.911. The molecule has 2 aromatic carbocycles. The number of hydrogen-bond donors (Lipinski definition) is 3. The van der Waals surface area contributed by atoms with Crippen molar-refractivity contribution in [1.29, 1.82) is 5.26 Å². The number of piperazine rings is 1. The third-order valence-electron chi connectivity index (χ3n) is 10.9. The molecule has 17 heteroatoms. The van der Waals surface area contributed by atoms with E-state index in [4.69, 9.17) is 32.1 Å². The number of benzene rings is 2. The smallest absolute Gasteiger partial charge is 0.269 e. The first-order valence-electron chi connectivity index (χ1n) is 18.9. The molecular formula is C39H43ClFN9O6. The number of nitriles is 1. The molecule has 56 heavy (non-hydrogen) atoms. The van der Waals surface area contributed by atoms with Gasteiger partial charge in [0.25, 0.3) is 11.8 Å². The SMILES string of the molecule is N#Cc1ccc(OC2CCC(c3cc(N4CCO[C@H](CN5CCN(c6ccc(C(=O)N[C@H]7CCC(=O)NC7=O)c(F)c6)CC5)C4)nnc3C(N)=O)CC2)cc1Cl. The summed E-state index contributed by atoms with van der Waals surface area (Å²) in [5.74, 6) is -1.65. The fourth-order valence-corrected chi connectivity index (χ4v) is 8.08. The average Bonchev–Trinajstić information content (AvgIpc) is 3.19. The fraction of sp³-hybridized carbons (Fsp3) is 0.462. The van der Waals surface area contributed by atoms with Crippen molar-refractivity contribution in [1.82, 2.24) is 25.7 Å². The number of anilines is 2. The van der Waals surface area contributed by atoms with E-state index in [0.717, 1.165) is 44.3 Å². The number of carbonyl (C=O) groups excluding carboxylic acids is 4. The number of primary amides is 1. The van der Waals surface area contributed by atoms with E-state index in [-0.39, 0.29) is 42.2 Å². The van der Waals surface area contributed by atoms with Crippen molar-refractivity contribution in [3.8, 4) is 11.8 Å². The standard InChI is InChI=1S/C39H43ClFN9O6/c40-31-18-27(7-3-24(31)20-42)56-26-5-1-23(2-6-26)30-19-34(46-47-36(30)37(43)52)50-15-16-55-28(22-50)21-48-11-13-49(14-12-48)25-4-8-29(32(41)17-25)38(53)44-33-9-10-35(51)45-39(33)54/h3-4,7-8,17-19,23,26,28,33H,1-2,5-6,9-16,21-22H2,(H2,43,52)(H,44,53)(H,45,51,54)/t23?,26?,28-,33+/m1/s1. The second kappa shape index (κ2) is 17.2. The van der Waals surface area contributed by atoms with Crippen LogP contribution in [0.5, 0.6) is 5.75 Å². The van der Waals surface area contributed by atoms with Gasteiger partial charge in [-0.25, -0.2) is 4.39 Å². The number of aromatic nitrogens is 2. The van der Waals surface area contributed by atoms with E-state index < -0.39 is 35.5 Å². The predicted octanol–water partition coefficient (Wildman–Crippen LogP) is 2.91. The van der Waals surface area contributed by atoms with E-state index in [0.29, 0.717) is 67.2 Å². The van der Waals surface area contributed by atoms with Gasteiger partial charge in [0, 0.05) is 64.0 Å². The van der Waals surface area contributed by atoms with E-state index in [1.54, 1.807) is 24.3 Å². The molecule has 4 amide bonds. The van der Waals surface area contributed by atoms with Crippen molar-refractivity contribution in [3.63, 3.8) is 0 Å². The van der Waals surface area contributed by atoms with Crippen LogP contribution in [0, 0.1) is 17.1 Å². The normalized spacial score (nSPS) is 23.2. The number of halogens is 2. The maximum absolute atomic E-state index is 15.1. The Morgan fingerprint density at radius 3 is 2.50 bits per heavy atom. The molecule has 0 unspecified atom stereocenters. The zero-order valence-corrected chi connectivity index (χ0v) is 31.5. The lowest BCUT2D eigenvalue weighted by Gasteiger charge is -2.40. The Morgan fingerprint density at radius 1 is 1.02 bits per heavy atom. The van der Waals surface area contributed by atoms with Gasteiger partial charge in [-0.1, -0.05) is 11.6 Å². The molecule has 4 N–H and O–H groups in total. The van der Waals surface area contributed by atoms with Gasteiger partial charge in [-0.15, -0.1) is 10.2 Å². The Kier molecular flexibility index (Phi) is 11.9. The van der Waals surface area contributed by atoms with Crippen LogP contribution in [0.15, 0.2) is 42.5 Å². The van der Waals surface area contributed by atoms with Crippen molar-refractivity contribution in [2.24, 2.45) is 5.73 Å². The highest BCUT2D eigenvalue weighted by Crippen LogP contribution is 2.37. The lowest BCUT2D eigenvalue weighted by molar-refractivity contribution is -0.134. The van der Waals surface area contributed by atoms with E-state index in [2.05, 4.69) is 41.6 Å². The van der Waals surface area contributed by atoms with Crippen LogP contribution in [-0.4, -0.2) is 109 Å². The summed E-state index contributed by atoms with van der Waals surface area (Å²) >= 11 is 6.19. The summed E-state index contributed by atoms with van der Waals surface area (Å²) in [5.41, 5.74) is 7.62. The predicted molar refractivity (Wildman–Crippen MR) is 203 cm³/mol. The minimum absolute atomic E-state index is 0.0307. The highest BCUT2D eigenvalue weighted by atomic mass is 35.5. The number of carbonyl (C=O) groups is 4. The molecule has 3 aliphatic heterocycles. The highest BCUT2D eigenvalue weighted by Gasteiger charge is 2.32. The first-order valence-corrected chi connectivity index (χ1v) is 19.2. The first kappa shape index (κ1) is 38.9. The molecule has 1 saturated carbocycles. The lowest BCUT2D eigenvalue weighted by Crippen LogP contribution is -2.53. The molecule has 4 heterocycles. The van der Waals surface area contributed by atoms with Crippen molar-refractivity contribution in [2.75, 3.05) is 62.2 Å². The summed E-state index contributed by atoms with van der Waals surface area (Å²) < 4.78 is 27.5. The van der Waals surface area contributed by atoms with Gasteiger partial charge < -0.3 is 30.3 Å². The molecule has 4 aliphatic rings. The zero-order chi connectivity index (χ0) is 39.3. The van der Waals surface area contributed by atoms with Crippen molar-refractivity contribution in [2.45, 2.75) is 62.7 Å². The van der Waals surface area contributed by atoms with E-state index in [1.807, 2.05) is 6.07 Å². The number of imide groups is 1. The molecule has 0 bridgehead atoms. The Bertz CT molecular complexity index is 2030. The summed E-state index contributed by atoms with van der Waals surface area (Å²) in [6.07, 6.45) is 3.21. The van der Waals surface area contributed by atoms with Gasteiger partial charge in [-0.05, 0) is 80.0 Å². The van der Waals surface area contributed by atoms with Crippen molar-refractivity contribution >= 4 is 46.7 Å². The van der Waals surface area contributed by atoms with Gasteiger partial charge in [0.05, 0.1) is 35.0 Å². The largest absolute Gasteiger partial charge is 0.490 e. The van der Waals surface area contributed by atoms with Gasteiger partial charge in [0.15, 0.2) is 11.5 Å². The van der Waals surface area contributed by atoms with E-state index in [9.17, 15) is 19.2 Å². The van der Waals surface area contributed by atoms with Crippen molar-refractivity contribution < 1.29 is 33.0 Å². The molecule has 1 aliphatic carbocycles. The average molecular weight is 788 g/mol. The summed E-state index contributed by atoms with van der Waals surface area (Å²) in [4.78, 5) is 55.1. The summed E-state index contributed by atoms with van der Waals surface area (Å²) in [7, 11) is 0. The maximum atomic E-state index is 15.1. The van der Waals surface area contributed by atoms with Crippen LogP contribution in [0.3, 0.4) is 0 Å².